The number of nitrogens with one attached hydrogen (secondary N) is 1. The van der Waals surface area contributed by atoms with Gasteiger partial charge in [-0.15, -0.1) is 10.2 Å². The van der Waals surface area contributed by atoms with Gasteiger partial charge in [0.25, 0.3) is 0 Å². The number of aromatic nitrogens is 6. The van der Waals surface area contributed by atoms with E-state index in [0.717, 1.165) is 35.1 Å². The number of tetrazole rings is 1. The van der Waals surface area contributed by atoms with E-state index in [2.05, 4.69) is 25.6 Å². The molecule has 12 nitrogen and oxygen atoms in total. The van der Waals surface area contributed by atoms with Crippen LogP contribution >= 0.6 is 0 Å². The lowest BCUT2D eigenvalue weighted by Gasteiger charge is -2.25. The molecule has 0 spiro atoms. The fourth-order valence-electron chi connectivity index (χ4n) is 4.66. The maximum Gasteiger partial charge on any atom is 0.510 e. The summed E-state index contributed by atoms with van der Waals surface area (Å²) in [6.07, 6.45) is 0.442. The zero-order chi connectivity index (χ0) is 30.3. The molecule has 0 radical (unpaired) electrons. The van der Waals surface area contributed by atoms with Crippen molar-refractivity contribution in [3.63, 3.8) is 0 Å². The molecule has 4 rings (SSSR count). The number of hydrogen-bond acceptors (Lipinski definition) is 10. The summed E-state index contributed by atoms with van der Waals surface area (Å²) in [7, 11) is 0. The van der Waals surface area contributed by atoms with Gasteiger partial charge in [0.05, 0.1) is 12.3 Å². The van der Waals surface area contributed by atoms with Crippen LogP contribution < -0.4 is 0 Å². The fourth-order valence-corrected chi connectivity index (χ4v) is 4.66. The highest BCUT2D eigenvalue weighted by molar-refractivity contribution is 5.89. The molecular formula is C30H36N6O6. The molecule has 42 heavy (non-hydrogen) atoms. The van der Waals surface area contributed by atoms with E-state index in [9.17, 15) is 14.7 Å². The lowest BCUT2D eigenvalue weighted by molar-refractivity contribution is -0.00511. The van der Waals surface area contributed by atoms with Crippen LogP contribution in [0.1, 0.15) is 81.3 Å². The number of imidazole rings is 1. The minimum absolute atomic E-state index is 0.0110. The number of benzene rings is 2. The molecule has 0 saturated heterocycles. The van der Waals surface area contributed by atoms with Gasteiger partial charge in [0, 0.05) is 12.0 Å². The molecule has 0 aliphatic rings. The Kier molecular flexibility index (Phi) is 9.68. The highest BCUT2D eigenvalue weighted by atomic mass is 16.7. The van der Waals surface area contributed by atoms with Gasteiger partial charge in [-0.05, 0) is 56.0 Å². The largest absolute Gasteiger partial charge is 0.510 e. The Morgan fingerprint density at radius 2 is 1.76 bits per heavy atom. The van der Waals surface area contributed by atoms with E-state index < -0.39 is 24.0 Å². The van der Waals surface area contributed by atoms with Crippen molar-refractivity contribution in [3.8, 4) is 22.5 Å². The summed E-state index contributed by atoms with van der Waals surface area (Å²) < 4.78 is 17.6. The quantitative estimate of drug-likeness (QED) is 0.211. The van der Waals surface area contributed by atoms with Crippen LogP contribution in [0.15, 0.2) is 48.5 Å². The smallest absolute Gasteiger partial charge is 0.456 e. The van der Waals surface area contributed by atoms with Crippen molar-refractivity contribution in [1.82, 2.24) is 30.2 Å². The van der Waals surface area contributed by atoms with Crippen molar-refractivity contribution in [2.24, 2.45) is 0 Å². The number of unbranched alkanes of at least 4 members (excludes halogenated alkanes) is 1. The standard InChI is InChI=1S/C30H36N6O6/c1-6-8-13-24-31-25(26(30(4,5)39)36(24)19(3)42-29(38)40-7-2)28(37)41-18-20-14-16-21(17-15-20)22-11-9-10-12-23(22)27-32-34-35-33-27/h9-12,14-17,19,39H,6-8,13,18H2,1-5H3,(H,32,33,34,35). The molecule has 222 valence electrons. The molecule has 12 heteroatoms. The SMILES string of the molecule is CCCCc1nc(C(=O)OCc2ccc(-c3ccccc3-c3nn[nH]n3)cc2)c(C(C)(C)O)n1C(C)OC(=O)OCC. The summed E-state index contributed by atoms with van der Waals surface area (Å²) in [5.74, 6) is 0.298. The van der Waals surface area contributed by atoms with Gasteiger partial charge in [-0.2, -0.15) is 5.21 Å². The Balaban J connectivity index is 1.57. The van der Waals surface area contributed by atoms with E-state index in [1.807, 2.05) is 55.5 Å². The summed E-state index contributed by atoms with van der Waals surface area (Å²) in [4.78, 5) is 30.0. The summed E-state index contributed by atoms with van der Waals surface area (Å²) >= 11 is 0. The number of esters is 1. The first-order valence-electron chi connectivity index (χ1n) is 13.9. The molecule has 0 aliphatic heterocycles. The number of aliphatic hydroxyl groups is 1. The lowest BCUT2D eigenvalue weighted by Crippen LogP contribution is -2.28. The zero-order valence-electron chi connectivity index (χ0n) is 24.5. The normalized spacial score (nSPS) is 12.1. The third-order valence-corrected chi connectivity index (χ3v) is 6.55. The van der Waals surface area contributed by atoms with Crippen molar-refractivity contribution in [2.45, 2.75) is 72.3 Å². The van der Waals surface area contributed by atoms with Crippen LogP contribution in [0, 0.1) is 0 Å². The van der Waals surface area contributed by atoms with Crippen LogP contribution in [0.2, 0.25) is 0 Å². The van der Waals surface area contributed by atoms with Crippen molar-refractivity contribution in [1.29, 1.82) is 0 Å². The van der Waals surface area contributed by atoms with Gasteiger partial charge < -0.3 is 19.3 Å². The van der Waals surface area contributed by atoms with Gasteiger partial charge in [0.1, 0.15) is 18.0 Å². The molecule has 0 bridgehead atoms. The fraction of sp³-hybridized carbons (Fsp3) is 0.400. The molecule has 2 aromatic heterocycles. The molecule has 1 unspecified atom stereocenters. The average Bonchev–Trinajstić information content (AvgIpc) is 3.64. The Morgan fingerprint density at radius 3 is 2.38 bits per heavy atom. The van der Waals surface area contributed by atoms with Gasteiger partial charge in [0.15, 0.2) is 11.9 Å². The van der Waals surface area contributed by atoms with Crippen molar-refractivity contribution >= 4 is 12.1 Å². The molecule has 0 aliphatic carbocycles. The first kappa shape index (κ1) is 30.4. The van der Waals surface area contributed by atoms with Crippen molar-refractivity contribution < 1.29 is 28.9 Å². The number of rotatable bonds is 12. The minimum Gasteiger partial charge on any atom is -0.456 e. The Hall–Kier alpha value is -4.58. The molecule has 2 heterocycles. The Labute approximate surface area is 244 Å². The second kappa shape index (κ2) is 13.4. The average molecular weight is 577 g/mol. The number of ether oxygens (including phenoxy) is 3. The van der Waals surface area contributed by atoms with Gasteiger partial charge >= 0.3 is 12.1 Å². The third-order valence-electron chi connectivity index (χ3n) is 6.55. The molecule has 0 amide bonds. The number of carbonyl (C=O) groups excluding carboxylic acids is 2. The highest BCUT2D eigenvalue weighted by Gasteiger charge is 2.35. The molecule has 2 aromatic carbocycles. The highest BCUT2D eigenvalue weighted by Crippen LogP contribution is 2.32. The lowest BCUT2D eigenvalue weighted by atomic mass is 9.98. The molecule has 0 saturated carbocycles. The van der Waals surface area contributed by atoms with E-state index in [1.165, 1.54) is 0 Å². The second-order valence-electron chi connectivity index (χ2n) is 10.2. The number of hydrogen-bond donors (Lipinski definition) is 2. The molecule has 1 atom stereocenters. The van der Waals surface area contributed by atoms with E-state index in [4.69, 9.17) is 14.2 Å². The second-order valence-corrected chi connectivity index (χ2v) is 10.2. The van der Waals surface area contributed by atoms with E-state index in [0.29, 0.717) is 18.1 Å². The zero-order valence-corrected chi connectivity index (χ0v) is 24.5. The number of carbonyl (C=O) groups is 2. The Morgan fingerprint density at radius 1 is 1.05 bits per heavy atom. The van der Waals surface area contributed by atoms with Gasteiger partial charge in [0.2, 0.25) is 5.82 Å². The predicted octanol–water partition coefficient (Wildman–Crippen LogP) is 5.35. The number of nitrogens with zero attached hydrogens (tertiary/aromatic N) is 5. The van der Waals surface area contributed by atoms with Crippen LogP contribution in [0.25, 0.3) is 22.5 Å². The number of aromatic amines is 1. The molecule has 4 aromatic rings. The summed E-state index contributed by atoms with van der Waals surface area (Å²) in [5, 5.41) is 25.4. The number of aryl methyl sites for hydroxylation is 1. The predicted molar refractivity (Wildman–Crippen MR) is 153 cm³/mol. The van der Waals surface area contributed by atoms with Crippen LogP contribution in [-0.4, -0.2) is 54.0 Å². The first-order chi connectivity index (χ1) is 20.1. The van der Waals surface area contributed by atoms with Crippen molar-refractivity contribution in [2.75, 3.05) is 6.61 Å². The van der Waals surface area contributed by atoms with E-state index >= 15 is 0 Å². The summed E-state index contributed by atoms with van der Waals surface area (Å²) in [5.41, 5.74) is 2.14. The molecular weight excluding hydrogens is 540 g/mol. The maximum absolute atomic E-state index is 13.4. The molecule has 2 N–H and O–H groups in total. The van der Waals surface area contributed by atoms with Crippen LogP contribution in [0.4, 0.5) is 4.79 Å². The van der Waals surface area contributed by atoms with Crippen LogP contribution in [0.3, 0.4) is 0 Å². The third kappa shape index (κ3) is 7.00. The van der Waals surface area contributed by atoms with E-state index in [1.54, 1.807) is 32.3 Å². The summed E-state index contributed by atoms with van der Waals surface area (Å²) in [6.45, 7) is 8.58. The summed E-state index contributed by atoms with van der Waals surface area (Å²) in [6, 6.07) is 15.3. The van der Waals surface area contributed by atoms with Crippen molar-refractivity contribution in [3.05, 3.63) is 71.3 Å². The van der Waals surface area contributed by atoms with Crippen LogP contribution in [-0.2, 0) is 32.8 Å². The van der Waals surface area contributed by atoms with Gasteiger partial charge in [-0.1, -0.05) is 61.9 Å². The minimum atomic E-state index is -1.49. The Bertz CT molecular complexity index is 1490. The topological polar surface area (TPSA) is 154 Å². The monoisotopic (exact) mass is 576 g/mol. The first-order valence-corrected chi connectivity index (χ1v) is 13.9. The number of H-pyrrole nitrogens is 1. The van der Waals surface area contributed by atoms with Gasteiger partial charge in [-0.25, -0.2) is 14.6 Å². The van der Waals surface area contributed by atoms with Crippen LogP contribution in [0.5, 0.6) is 0 Å². The maximum atomic E-state index is 13.4. The van der Waals surface area contributed by atoms with E-state index in [-0.39, 0.29) is 24.6 Å². The molecule has 0 fully saturated rings. The van der Waals surface area contributed by atoms with Gasteiger partial charge in [-0.3, -0.25) is 4.57 Å².